The van der Waals surface area contributed by atoms with Gasteiger partial charge in [-0.05, 0) is 41.5 Å². The molecule has 0 spiro atoms. The average Bonchev–Trinajstić information content (AvgIpc) is 2.72. The molecule has 0 bridgehead atoms. The molecule has 0 nitrogen and oxygen atoms in total. The Morgan fingerprint density at radius 3 is 1.10 bits per heavy atom. The fraction of sp³-hybridized carbons (Fsp3) is 0.200. The molecule has 4 rings (SSSR count). The molecule has 0 amide bonds. The lowest BCUT2D eigenvalue weighted by Crippen LogP contribution is -2.76. The van der Waals surface area contributed by atoms with Gasteiger partial charge < -0.3 is 0 Å². The van der Waals surface area contributed by atoms with Gasteiger partial charge in [0, 0.05) is 0 Å². The van der Waals surface area contributed by atoms with Crippen LogP contribution in [-0.2, 0) is 0 Å². The van der Waals surface area contributed by atoms with E-state index in [1.807, 2.05) is 0 Å². The first-order chi connectivity index (χ1) is 14.8. The second kappa shape index (κ2) is 8.23. The predicted octanol–water partition coefficient (Wildman–Crippen LogP) is 4.91. The van der Waals surface area contributed by atoms with E-state index >= 15 is 0 Å². The maximum atomic E-state index is 2.37. The van der Waals surface area contributed by atoms with Gasteiger partial charge in [-0.3, -0.25) is 0 Å². The zero-order valence-corrected chi connectivity index (χ0v) is 19.7. The van der Waals surface area contributed by atoms with E-state index in [0.717, 1.165) is 0 Å². The van der Waals surface area contributed by atoms with Crippen molar-refractivity contribution in [2.45, 2.75) is 41.5 Å². The lowest BCUT2D eigenvalue weighted by atomic mass is 9.12. The van der Waals surface area contributed by atoms with Crippen molar-refractivity contribution in [1.82, 2.24) is 0 Å². The summed E-state index contributed by atoms with van der Waals surface area (Å²) in [6.07, 6.45) is -1.34. The van der Waals surface area contributed by atoms with Crippen LogP contribution in [0.15, 0.2) is 84.9 Å². The topological polar surface area (TPSA) is 0 Å². The Balaban J connectivity index is 2.24. The van der Waals surface area contributed by atoms with Crippen LogP contribution in [0, 0.1) is 41.5 Å². The van der Waals surface area contributed by atoms with Gasteiger partial charge in [0.2, 0.25) is 0 Å². The molecule has 0 fully saturated rings. The van der Waals surface area contributed by atoms with Crippen LogP contribution in [-0.4, -0.2) is 6.15 Å². The minimum Gasteiger partial charge on any atom is -0.195 e. The number of benzene rings is 4. The fourth-order valence-corrected chi connectivity index (χ4v) is 5.72. The fourth-order valence-electron chi connectivity index (χ4n) is 5.72. The molecule has 0 aliphatic heterocycles. The Morgan fingerprint density at radius 1 is 0.419 bits per heavy atom. The molecule has 0 radical (unpaired) electrons. The normalized spacial score (nSPS) is 11.5. The summed E-state index contributed by atoms with van der Waals surface area (Å²) in [4.78, 5) is 0. The molecule has 0 unspecified atom stereocenters. The largest absolute Gasteiger partial charge is 0.195 e. The first-order valence-corrected chi connectivity index (χ1v) is 11.3. The lowest BCUT2D eigenvalue weighted by Gasteiger charge is -2.47. The minimum absolute atomic E-state index is 1.31. The number of rotatable bonds is 4. The maximum Gasteiger partial charge on any atom is 0.109 e. The summed E-state index contributed by atoms with van der Waals surface area (Å²) in [5.74, 6) is 0. The standard InChI is InChI=1S/C30H32B/c1-21-12-15-28(24(4)18-21)31(27-10-8-7-9-11-27,29-16-13-22(2)19-25(29)5)30-17-14-23(3)20-26(30)6/h7-20H,1-6H3/q-1. The molecule has 0 aliphatic carbocycles. The van der Waals surface area contributed by atoms with Gasteiger partial charge in [-0.25, -0.2) is 0 Å². The van der Waals surface area contributed by atoms with Crippen LogP contribution >= 0.6 is 0 Å². The summed E-state index contributed by atoms with van der Waals surface area (Å²) in [5, 5.41) is 0. The van der Waals surface area contributed by atoms with Crippen molar-refractivity contribution in [2.75, 3.05) is 0 Å². The molecule has 0 heterocycles. The van der Waals surface area contributed by atoms with E-state index < -0.39 is 6.15 Å². The summed E-state index contributed by atoms with van der Waals surface area (Å²) >= 11 is 0. The van der Waals surface area contributed by atoms with Crippen molar-refractivity contribution in [2.24, 2.45) is 0 Å². The zero-order chi connectivity index (χ0) is 22.2. The molecule has 0 aromatic heterocycles. The zero-order valence-electron chi connectivity index (χ0n) is 19.7. The van der Waals surface area contributed by atoms with E-state index in [2.05, 4.69) is 126 Å². The Bertz CT molecular complexity index is 1110. The molecule has 0 atom stereocenters. The van der Waals surface area contributed by atoms with Gasteiger partial charge in [-0.2, -0.15) is 21.9 Å². The van der Waals surface area contributed by atoms with Crippen molar-refractivity contribution in [1.29, 1.82) is 0 Å². The third-order valence-corrected chi connectivity index (χ3v) is 6.97. The van der Waals surface area contributed by atoms with Crippen LogP contribution in [0.1, 0.15) is 33.4 Å². The Labute approximate surface area is 187 Å². The second-order valence-electron chi connectivity index (χ2n) is 9.36. The van der Waals surface area contributed by atoms with Crippen molar-refractivity contribution in [3.8, 4) is 0 Å². The van der Waals surface area contributed by atoms with Crippen LogP contribution in [0.25, 0.3) is 0 Å². The Morgan fingerprint density at radius 2 is 0.774 bits per heavy atom. The highest BCUT2D eigenvalue weighted by atomic mass is 14.2. The lowest BCUT2D eigenvalue weighted by molar-refractivity contribution is 1.38. The molecule has 156 valence electrons. The van der Waals surface area contributed by atoms with Gasteiger partial charge in [-0.15, -0.1) is 0 Å². The molecule has 0 aliphatic rings. The summed E-state index contributed by atoms with van der Waals surface area (Å²) < 4.78 is 0. The van der Waals surface area contributed by atoms with Crippen molar-refractivity contribution in [3.63, 3.8) is 0 Å². The van der Waals surface area contributed by atoms with E-state index in [1.165, 1.54) is 55.2 Å². The first-order valence-electron chi connectivity index (χ1n) is 11.3. The summed E-state index contributed by atoms with van der Waals surface area (Å²) in [6.45, 7) is 13.4. The SMILES string of the molecule is Cc1ccc([B-](c2ccccc2)(c2ccc(C)cc2C)c2ccc(C)cc2C)c(C)c1. The number of aryl methyl sites for hydroxylation is 6. The molecule has 0 N–H and O–H groups in total. The van der Waals surface area contributed by atoms with E-state index in [9.17, 15) is 0 Å². The summed E-state index contributed by atoms with van der Waals surface area (Å²) in [6, 6.07) is 32.1. The maximum absolute atomic E-state index is 2.37. The van der Waals surface area contributed by atoms with E-state index in [0.29, 0.717) is 0 Å². The quantitative estimate of drug-likeness (QED) is 0.425. The molecule has 4 aromatic rings. The molecule has 0 saturated heterocycles. The van der Waals surface area contributed by atoms with Crippen LogP contribution < -0.4 is 21.9 Å². The van der Waals surface area contributed by atoms with Gasteiger partial charge in [-0.1, -0.05) is 118 Å². The van der Waals surface area contributed by atoms with Crippen LogP contribution in [0.3, 0.4) is 0 Å². The highest BCUT2D eigenvalue weighted by molar-refractivity contribution is 7.20. The highest BCUT2D eigenvalue weighted by Crippen LogP contribution is 2.17. The molecule has 1 heteroatoms. The summed E-state index contributed by atoms with van der Waals surface area (Å²) in [7, 11) is 0. The van der Waals surface area contributed by atoms with Crippen molar-refractivity contribution < 1.29 is 0 Å². The number of hydrogen-bond donors (Lipinski definition) is 0. The molecule has 31 heavy (non-hydrogen) atoms. The smallest absolute Gasteiger partial charge is 0.109 e. The summed E-state index contributed by atoms with van der Waals surface area (Å²) in [5.41, 5.74) is 13.6. The van der Waals surface area contributed by atoms with Gasteiger partial charge in [0.05, 0.1) is 0 Å². The Hall–Kier alpha value is -3.06. The van der Waals surface area contributed by atoms with Gasteiger partial charge >= 0.3 is 0 Å². The van der Waals surface area contributed by atoms with E-state index in [4.69, 9.17) is 0 Å². The van der Waals surface area contributed by atoms with E-state index in [-0.39, 0.29) is 0 Å². The third kappa shape index (κ3) is 3.63. The number of hydrogen-bond acceptors (Lipinski definition) is 0. The minimum atomic E-state index is -1.34. The average molecular weight is 403 g/mol. The molecule has 4 aromatic carbocycles. The van der Waals surface area contributed by atoms with Crippen LogP contribution in [0.4, 0.5) is 0 Å². The second-order valence-corrected chi connectivity index (χ2v) is 9.36. The van der Waals surface area contributed by atoms with Gasteiger partial charge in [0.1, 0.15) is 6.15 Å². The van der Waals surface area contributed by atoms with Gasteiger partial charge in [0.25, 0.3) is 0 Å². The van der Waals surface area contributed by atoms with Crippen molar-refractivity contribution >= 4 is 28.0 Å². The first kappa shape index (κ1) is 21.2. The Kier molecular flexibility index (Phi) is 5.62. The van der Waals surface area contributed by atoms with Crippen LogP contribution in [0.5, 0.6) is 0 Å². The third-order valence-electron chi connectivity index (χ3n) is 6.97. The molecule has 0 saturated carbocycles. The monoisotopic (exact) mass is 403 g/mol. The van der Waals surface area contributed by atoms with Crippen molar-refractivity contribution in [3.05, 3.63) is 118 Å². The molecular formula is C30H32B-. The molecular weight excluding hydrogens is 371 g/mol. The predicted molar refractivity (Wildman–Crippen MR) is 138 cm³/mol. The van der Waals surface area contributed by atoms with Gasteiger partial charge in [0.15, 0.2) is 0 Å². The van der Waals surface area contributed by atoms with E-state index in [1.54, 1.807) is 0 Å². The highest BCUT2D eigenvalue weighted by Gasteiger charge is 2.34. The van der Waals surface area contributed by atoms with Crippen LogP contribution in [0.2, 0.25) is 0 Å².